The highest BCUT2D eigenvalue weighted by Crippen LogP contribution is 2.25. The summed E-state index contributed by atoms with van der Waals surface area (Å²) in [5, 5.41) is 9.96. The normalized spacial score (nSPS) is 21.1. The number of aliphatic hydroxyl groups is 1. The molecule has 1 aliphatic heterocycles. The maximum atomic E-state index is 13.4. The van der Waals surface area contributed by atoms with Crippen molar-refractivity contribution < 1.29 is 14.2 Å². The highest BCUT2D eigenvalue weighted by Gasteiger charge is 2.37. The lowest BCUT2D eigenvalue weighted by atomic mass is 9.93. The molecular formula is C18H22FN3O2. The number of anilines is 1. The summed E-state index contributed by atoms with van der Waals surface area (Å²) in [4.78, 5) is 11.0. The number of hydrogen-bond acceptors (Lipinski definition) is 5. The van der Waals surface area contributed by atoms with Crippen LogP contribution < -0.4 is 4.90 Å². The van der Waals surface area contributed by atoms with Gasteiger partial charge in [-0.1, -0.05) is 12.1 Å². The highest BCUT2D eigenvalue weighted by atomic mass is 19.1. The molecule has 1 aliphatic rings. The van der Waals surface area contributed by atoms with Crippen LogP contribution in [-0.4, -0.2) is 47.0 Å². The summed E-state index contributed by atoms with van der Waals surface area (Å²) in [6.07, 6.45) is 0.433. The number of halogens is 1. The van der Waals surface area contributed by atoms with Crippen LogP contribution in [0.25, 0.3) is 0 Å². The van der Waals surface area contributed by atoms with Crippen molar-refractivity contribution in [3.8, 4) is 0 Å². The lowest BCUT2D eigenvalue weighted by Crippen LogP contribution is -2.56. The van der Waals surface area contributed by atoms with Crippen molar-refractivity contribution >= 4 is 5.95 Å². The van der Waals surface area contributed by atoms with Crippen LogP contribution in [0.4, 0.5) is 10.3 Å². The van der Waals surface area contributed by atoms with Gasteiger partial charge in [-0.15, -0.1) is 0 Å². The van der Waals surface area contributed by atoms with Crippen molar-refractivity contribution in [2.75, 3.05) is 31.2 Å². The Bertz CT molecular complexity index is 705. The number of morpholine rings is 1. The molecule has 1 aromatic heterocycles. The van der Waals surface area contributed by atoms with Gasteiger partial charge in [-0.2, -0.15) is 0 Å². The number of ether oxygens (including phenoxy) is 1. The molecule has 0 spiro atoms. The molecule has 0 aliphatic carbocycles. The summed E-state index contributed by atoms with van der Waals surface area (Å²) < 4.78 is 19.3. The molecule has 0 radical (unpaired) electrons. The van der Waals surface area contributed by atoms with E-state index in [1.165, 1.54) is 12.1 Å². The van der Waals surface area contributed by atoms with Crippen LogP contribution in [-0.2, 0) is 11.2 Å². The first-order valence-electron chi connectivity index (χ1n) is 8.06. The molecule has 0 bridgehead atoms. The maximum absolute atomic E-state index is 13.4. The molecular weight excluding hydrogens is 309 g/mol. The number of benzene rings is 1. The molecule has 5 nitrogen and oxygen atoms in total. The van der Waals surface area contributed by atoms with Crippen LogP contribution in [0.5, 0.6) is 0 Å². The number of nitrogens with zero attached hydrogens (tertiary/aromatic N) is 3. The molecule has 2 heterocycles. The minimum absolute atomic E-state index is 0.148. The molecule has 1 saturated heterocycles. The van der Waals surface area contributed by atoms with Gasteiger partial charge in [0.05, 0.1) is 19.8 Å². The van der Waals surface area contributed by atoms with E-state index in [1.807, 2.05) is 30.9 Å². The average Bonchev–Trinajstić information content (AvgIpc) is 2.54. The van der Waals surface area contributed by atoms with Gasteiger partial charge in [-0.3, -0.25) is 0 Å². The summed E-state index contributed by atoms with van der Waals surface area (Å²) >= 11 is 0. The van der Waals surface area contributed by atoms with Crippen LogP contribution in [0.1, 0.15) is 17.0 Å². The van der Waals surface area contributed by atoms with E-state index < -0.39 is 5.60 Å². The van der Waals surface area contributed by atoms with Gasteiger partial charge in [0, 0.05) is 24.4 Å². The van der Waals surface area contributed by atoms with Crippen molar-refractivity contribution in [3.63, 3.8) is 0 Å². The van der Waals surface area contributed by atoms with Gasteiger partial charge in [0.1, 0.15) is 11.4 Å². The average molecular weight is 331 g/mol. The predicted octanol–water partition coefficient (Wildman–Crippen LogP) is 2.04. The Morgan fingerprint density at radius 2 is 2.00 bits per heavy atom. The first-order valence-corrected chi connectivity index (χ1v) is 8.06. The summed E-state index contributed by atoms with van der Waals surface area (Å²) in [6, 6.07) is 8.33. The van der Waals surface area contributed by atoms with Crippen molar-refractivity contribution in [3.05, 3.63) is 53.1 Å². The fraction of sp³-hybridized carbons (Fsp3) is 0.444. The van der Waals surface area contributed by atoms with Gasteiger partial charge < -0.3 is 14.7 Å². The molecule has 1 atom stereocenters. The molecule has 1 fully saturated rings. The molecule has 3 rings (SSSR count). The summed E-state index contributed by atoms with van der Waals surface area (Å²) in [6.45, 7) is 5.31. The first-order chi connectivity index (χ1) is 11.5. The smallest absolute Gasteiger partial charge is 0.225 e. The van der Waals surface area contributed by atoms with E-state index in [2.05, 4.69) is 9.97 Å². The van der Waals surface area contributed by atoms with Crippen LogP contribution in [0.3, 0.4) is 0 Å². The molecule has 2 aromatic rings. The molecule has 0 unspecified atom stereocenters. The van der Waals surface area contributed by atoms with Gasteiger partial charge in [0.15, 0.2) is 0 Å². The second-order valence-corrected chi connectivity index (χ2v) is 6.37. The van der Waals surface area contributed by atoms with E-state index >= 15 is 0 Å². The first kappa shape index (κ1) is 16.8. The molecule has 1 aromatic carbocycles. The number of rotatable bonds is 4. The molecule has 128 valence electrons. The van der Waals surface area contributed by atoms with Gasteiger partial charge in [-0.25, -0.2) is 14.4 Å². The van der Waals surface area contributed by atoms with Crippen molar-refractivity contribution in [1.29, 1.82) is 0 Å². The van der Waals surface area contributed by atoms with Gasteiger partial charge in [0.2, 0.25) is 5.95 Å². The third-order valence-corrected chi connectivity index (χ3v) is 4.21. The molecule has 24 heavy (non-hydrogen) atoms. The van der Waals surface area contributed by atoms with Crippen molar-refractivity contribution in [2.24, 2.45) is 0 Å². The third kappa shape index (κ3) is 3.71. The van der Waals surface area contributed by atoms with Gasteiger partial charge >= 0.3 is 0 Å². The minimum Gasteiger partial charge on any atom is -0.393 e. The maximum Gasteiger partial charge on any atom is 0.225 e. The van der Waals surface area contributed by atoms with Crippen LogP contribution in [0.2, 0.25) is 0 Å². The van der Waals surface area contributed by atoms with Crippen LogP contribution in [0.15, 0.2) is 30.3 Å². The Morgan fingerprint density at radius 3 is 2.67 bits per heavy atom. The predicted molar refractivity (Wildman–Crippen MR) is 89.6 cm³/mol. The van der Waals surface area contributed by atoms with E-state index in [0.29, 0.717) is 32.1 Å². The van der Waals surface area contributed by atoms with E-state index in [9.17, 15) is 9.50 Å². The molecule has 1 N–H and O–H groups in total. The Labute approximate surface area is 141 Å². The largest absolute Gasteiger partial charge is 0.393 e. The Balaban J connectivity index is 1.83. The quantitative estimate of drug-likeness (QED) is 0.929. The summed E-state index contributed by atoms with van der Waals surface area (Å²) in [7, 11) is 0. The fourth-order valence-electron chi connectivity index (χ4n) is 3.14. The van der Waals surface area contributed by atoms with E-state index in [1.54, 1.807) is 6.07 Å². The lowest BCUT2D eigenvalue weighted by Gasteiger charge is -2.42. The Kier molecular flexibility index (Phi) is 4.78. The zero-order valence-electron chi connectivity index (χ0n) is 14.0. The van der Waals surface area contributed by atoms with Crippen LogP contribution in [0, 0.1) is 19.7 Å². The summed E-state index contributed by atoms with van der Waals surface area (Å²) in [5.74, 6) is 0.360. The second kappa shape index (κ2) is 6.83. The number of aromatic nitrogens is 2. The standard InChI is InChI=1S/C18H22FN3O2/c1-13-8-14(2)21-17(20-13)22-6-7-24-18(11-22,12-23)10-15-4-3-5-16(19)9-15/h3-5,8-9,23H,6-7,10-12H2,1-2H3/t18-/m1/s1. The molecule has 0 amide bonds. The van der Waals surface area contributed by atoms with Gasteiger partial charge in [-0.05, 0) is 37.6 Å². The number of aliphatic hydroxyl groups excluding tert-OH is 1. The fourth-order valence-corrected chi connectivity index (χ4v) is 3.14. The number of hydrogen-bond donors (Lipinski definition) is 1. The minimum atomic E-state index is -0.785. The molecule has 6 heteroatoms. The number of aryl methyl sites for hydroxylation is 2. The van der Waals surface area contributed by atoms with E-state index in [4.69, 9.17) is 4.74 Å². The lowest BCUT2D eigenvalue weighted by molar-refractivity contribution is -0.0871. The molecule has 0 saturated carbocycles. The zero-order chi connectivity index (χ0) is 17.2. The third-order valence-electron chi connectivity index (χ3n) is 4.21. The van der Waals surface area contributed by atoms with E-state index in [0.717, 1.165) is 17.0 Å². The Morgan fingerprint density at radius 1 is 1.25 bits per heavy atom. The van der Waals surface area contributed by atoms with Crippen molar-refractivity contribution in [2.45, 2.75) is 25.9 Å². The van der Waals surface area contributed by atoms with Gasteiger partial charge in [0.25, 0.3) is 0 Å². The van der Waals surface area contributed by atoms with Crippen LogP contribution >= 0.6 is 0 Å². The Hall–Kier alpha value is -2.05. The zero-order valence-corrected chi connectivity index (χ0v) is 14.0. The SMILES string of the molecule is Cc1cc(C)nc(N2CCO[C@](CO)(Cc3cccc(F)c3)C2)n1. The monoisotopic (exact) mass is 331 g/mol. The summed E-state index contributed by atoms with van der Waals surface area (Å²) in [5.41, 5.74) is 1.83. The highest BCUT2D eigenvalue weighted by molar-refractivity contribution is 5.34. The van der Waals surface area contributed by atoms with E-state index in [-0.39, 0.29) is 12.4 Å². The second-order valence-electron chi connectivity index (χ2n) is 6.37. The van der Waals surface area contributed by atoms with Crippen molar-refractivity contribution in [1.82, 2.24) is 9.97 Å². The topological polar surface area (TPSA) is 58.5 Å².